The van der Waals surface area contributed by atoms with E-state index in [-0.39, 0.29) is 5.41 Å². The van der Waals surface area contributed by atoms with Crippen LogP contribution >= 0.6 is 0 Å². The molecule has 14 heavy (non-hydrogen) atoms. The van der Waals surface area contributed by atoms with Gasteiger partial charge in [0.25, 0.3) is 0 Å². The highest BCUT2D eigenvalue weighted by Crippen LogP contribution is 2.20. The van der Waals surface area contributed by atoms with Crippen LogP contribution in [0.2, 0.25) is 0 Å². The summed E-state index contributed by atoms with van der Waals surface area (Å²) in [6.07, 6.45) is 2.03. The van der Waals surface area contributed by atoms with E-state index in [9.17, 15) is 0 Å². The average molecular weight is 196 g/mol. The molecule has 1 aromatic heterocycles. The first-order valence-corrected chi connectivity index (χ1v) is 5.22. The fraction of sp³-hybridized carbons (Fsp3) is 0.818. The van der Waals surface area contributed by atoms with Gasteiger partial charge >= 0.3 is 0 Å². The van der Waals surface area contributed by atoms with Crippen LogP contribution in [0, 0.1) is 5.92 Å². The normalized spacial score (nSPS) is 12.4. The lowest BCUT2D eigenvalue weighted by Gasteiger charge is -2.10. The van der Waals surface area contributed by atoms with Crippen molar-refractivity contribution in [2.24, 2.45) is 5.92 Å². The summed E-state index contributed by atoms with van der Waals surface area (Å²) in [5.74, 6) is 2.26. The lowest BCUT2D eigenvalue weighted by Crippen LogP contribution is -2.11. The molecule has 0 saturated carbocycles. The molecular formula is C11H20N2O. The Kier molecular flexibility index (Phi) is 3.29. The van der Waals surface area contributed by atoms with Crippen molar-refractivity contribution in [1.82, 2.24) is 10.1 Å². The van der Waals surface area contributed by atoms with Crippen molar-refractivity contribution in [3.63, 3.8) is 0 Å². The van der Waals surface area contributed by atoms with E-state index < -0.39 is 0 Å². The van der Waals surface area contributed by atoms with E-state index in [0.29, 0.717) is 5.92 Å². The van der Waals surface area contributed by atoms with E-state index in [1.165, 1.54) is 0 Å². The zero-order valence-electron chi connectivity index (χ0n) is 9.79. The fourth-order valence-corrected chi connectivity index (χ4v) is 1.08. The summed E-state index contributed by atoms with van der Waals surface area (Å²) in [4.78, 5) is 4.38. The van der Waals surface area contributed by atoms with Crippen LogP contribution < -0.4 is 0 Å². The number of hydrogen-bond acceptors (Lipinski definition) is 3. The fourth-order valence-electron chi connectivity index (χ4n) is 1.08. The van der Waals surface area contributed by atoms with Gasteiger partial charge in [-0.1, -0.05) is 39.8 Å². The molecule has 0 saturated heterocycles. The Bertz CT molecular complexity index is 284. The van der Waals surface area contributed by atoms with E-state index >= 15 is 0 Å². The molecule has 0 aliphatic carbocycles. The summed E-state index contributed by atoms with van der Waals surface area (Å²) in [6, 6.07) is 0. The van der Waals surface area contributed by atoms with Crippen LogP contribution in [0.4, 0.5) is 0 Å². The Morgan fingerprint density at radius 2 is 1.93 bits per heavy atom. The van der Waals surface area contributed by atoms with E-state index in [0.717, 1.165) is 24.6 Å². The third-order valence-corrected chi connectivity index (χ3v) is 2.05. The second kappa shape index (κ2) is 4.11. The smallest absolute Gasteiger partial charge is 0.232 e. The molecule has 80 valence electrons. The zero-order chi connectivity index (χ0) is 10.8. The minimum atomic E-state index is -0.0386. The first kappa shape index (κ1) is 11.2. The van der Waals surface area contributed by atoms with Crippen molar-refractivity contribution in [2.75, 3.05) is 0 Å². The van der Waals surface area contributed by atoms with E-state index in [1.807, 2.05) is 0 Å². The monoisotopic (exact) mass is 196 g/mol. The molecule has 0 fully saturated rings. The number of rotatable bonds is 3. The topological polar surface area (TPSA) is 38.9 Å². The second-order valence-corrected chi connectivity index (χ2v) is 5.20. The maximum Gasteiger partial charge on any atom is 0.232 e. The quantitative estimate of drug-likeness (QED) is 0.746. The first-order valence-electron chi connectivity index (χ1n) is 5.22. The third kappa shape index (κ3) is 3.13. The van der Waals surface area contributed by atoms with Gasteiger partial charge < -0.3 is 4.52 Å². The lowest BCUT2D eigenvalue weighted by atomic mass is 9.97. The average Bonchev–Trinajstić information content (AvgIpc) is 2.47. The molecule has 0 radical (unpaired) electrons. The van der Waals surface area contributed by atoms with Crippen LogP contribution in [0.5, 0.6) is 0 Å². The minimum absolute atomic E-state index is 0.0386. The molecule has 3 nitrogen and oxygen atoms in total. The van der Waals surface area contributed by atoms with Crippen LogP contribution in [0.25, 0.3) is 0 Å². The van der Waals surface area contributed by atoms with Crippen molar-refractivity contribution in [3.05, 3.63) is 11.7 Å². The molecule has 1 aromatic rings. The molecule has 0 amide bonds. The summed E-state index contributed by atoms with van der Waals surface area (Å²) in [7, 11) is 0. The Labute approximate surface area is 85.9 Å². The van der Waals surface area contributed by atoms with Crippen LogP contribution in [-0.2, 0) is 11.8 Å². The van der Waals surface area contributed by atoms with Crippen molar-refractivity contribution in [2.45, 2.75) is 52.9 Å². The van der Waals surface area contributed by atoms with Gasteiger partial charge in [0.2, 0.25) is 5.89 Å². The van der Waals surface area contributed by atoms with Gasteiger partial charge in [-0.05, 0) is 12.3 Å². The largest absolute Gasteiger partial charge is 0.339 e. The molecule has 0 aliphatic rings. The Balaban J connectivity index is 2.60. The molecule has 0 spiro atoms. The van der Waals surface area contributed by atoms with E-state index in [4.69, 9.17) is 4.52 Å². The molecule has 3 heteroatoms. The highest BCUT2D eigenvalue weighted by molar-refractivity contribution is 4.98. The van der Waals surface area contributed by atoms with Gasteiger partial charge in [-0.2, -0.15) is 4.98 Å². The van der Waals surface area contributed by atoms with Crippen molar-refractivity contribution in [3.8, 4) is 0 Å². The van der Waals surface area contributed by atoms with Crippen LogP contribution in [0.15, 0.2) is 4.52 Å². The summed E-state index contributed by atoms with van der Waals surface area (Å²) >= 11 is 0. The third-order valence-electron chi connectivity index (χ3n) is 2.05. The highest BCUT2D eigenvalue weighted by Gasteiger charge is 2.21. The number of aryl methyl sites for hydroxylation is 1. The predicted molar refractivity (Wildman–Crippen MR) is 56.2 cm³/mol. The summed E-state index contributed by atoms with van der Waals surface area (Å²) in [5, 5.41) is 3.97. The molecule has 0 unspecified atom stereocenters. The van der Waals surface area contributed by atoms with Crippen LogP contribution in [-0.4, -0.2) is 10.1 Å². The summed E-state index contributed by atoms with van der Waals surface area (Å²) in [5.41, 5.74) is -0.0386. The molecule has 0 aromatic carbocycles. The van der Waals surface area contributed by atoms with Crippen molar-refractivity contribution >= 4 is 0 Å². The van der Waals surface area contributed by atoms with Gasteiger partial charge in [-0.25, -0.2) is 0 Å². The van der Waals surface area contributed by atoms with E-state index in [2.05, 4.69) is 44.8 Å². The number of hydrogen-bond donors (Lipinski definition) is 0. The van der Waals surface area contributed by atoms with Crippen LogP contribution in [0.1, 0.15) is 52.8 Å². The SMILES string of the molecule is CC(C)CCc1noc(C(C)(C)C)n1. The van der Waals surface area contributed by atoms with Gasteiger partial charge in [0.05, 0.1) is 0 Å². The standard InChI is InChI=1S/C11H20N2O/c1-8(2)6-7-9-12-10(14-13-9)11(3,4)5/h8H,6-7H2,1-5H3. The van der Waals surface area contributed by atoms with Gasteiger partial charge in [0.15, 0.2) is 5.82 Å². The maximum atomic E-state index is 5.20. The van der Waals surface area contributed by atoms with Crippen LogP contribution in [0.3, 0.4) is 0 Å². The molecule has 0 atom stereocenters. The van der Waals surface area contributed by atoms with Gasteiger partial charge in [-0.3, -0.25) is 0 Å². The number of aromatic nitrogens is 2. The van der Waals surface area contributed by atoms with E-state index in [1.54, 1.807) is 0 Å². The molecule has 0 N–H and O–H groups in total. The van der Waals surface area contributed by atoms with Gasteiger partial charge in [0, 0.05) is 11.8 Å². The summed E-state index contributed by atoms with van der Waals surface area (Å²) in [6.45, 7) is 10.6. The lowest BCUT2D eigenvalue weighted by molar-refractivity contribution is 0.318. The second-order valence-electron chi connectivity index (χ2n) is 5.20. The Morgan fingerprint density at radius 1 is 1.29 bits per heavy atom. The van der Waals surface area contributed by atoms with Gasteiger partial charge in [-0.15, -0.1) is 0 Å². The molecule has 0 aliphatic heterocycles. The zero-order valence-corrected chi connectivity index (χ0v) is 9.79. The first-order chi connectivity index (χ1) is 6.39. The highest BCUT2D eigenvalue weighted by atomic mass is 16.5. The molecular weight excluding hydrogens is 176 g/mol. The minimum Gasteiger partial charge on any atom is -0.339 e. The summed E-state index contributed by atoms with van der Waals surface area (Å²) < 4.78 is 5.20. The van der Waals surface area contributed by atoms with Crippen molar-refractivity contribution in [1.29, 1.82) is 0 Å². The number of nitrogens with zero attached hydrogens (tertiary/aromatic N) is 2. The van der Waals surface area contributed by atoms with Crippen molar-refractivity contribution < 1.29 is 4.52 Å². The molecule has 0 bridgehead atoms. The predicted octanol–water partition coefficient (Wildman–Crippen LogP) is 2.96. The molecule has 1 heterocycles. The van der Waals surface area contributed by atoms with Gasteiger partial charge in [0.1, 0.15) is 0 Å². The maximum absolute atomic E-state index is 5.20. The Morgan fingerprint density at radius 3 is 2.36 bits per heavy atom. The Hall–Kier alpha value is -0.860. The molecule has 1 rings (SSSR count).